The first-order valence-corrected chi connectivity index (χ1v) is 4.96. The van der Waals surface area contributed by atoms with Crippen molar-refractivity contribution in [2.75, 3.05) is 19.6 Å². The summed E-state index contributed by atoms with van der Waals surface area (Å²) in [6.07, 6.45) is 0.729. The van der Waals surface area contributed by atoms with Crippen LogP contribution in [0.15, 0.2) is 0 Å². The molecule has 0 radical (unpaired) electrons. The van der Waals surface area contributed by atoms with Crippen LogP contribution in [0.1, 0.15) is 34.1 Å². The SMILES string of the molecule is CCN(CCC(C)O)CC(C)C. The van der Waals surface area contributed by atoms with Gasteiger partial charge in [0.05, 0.1) is 6.10 Å². The van der Waals surface area contributed by atoms with Gasteiger partial charge in [-0.25, -0.2) is 0 Å². The number of aliphatic hydroxyl groups is 1. The van der Waals surface area contributed by atoms with Crippen LogP contribution in [0.2, 0.25) is 0 Å². The van der Waals surface area contributed by atoms with Gasteiger partial charge in [-0.15, -0.1) is 0 Å². The Labute approximate surface area is 76.6 Å². The van der Waals surface area contributed by atoms with E-state index in [4.69, 9.17) is 5.11 Å². The molecule has 1 atom stereocenters. The average molecular weight is 173 g/mol. The van der Waals surface area contributed by atoms with Crippen molar-refractivity contribution >= 4 is 0 Å². The average Bonchev–Trinajstić information content (AvgIpc) is 1.97. The molecule has 2 nitrogen and oxygen atoms in total. The smallest absolute Gasteiger partial charge is 0.0524 e. The Kier molecular flexibility index (Phi) is 6.39. The highest BCUT2D eigenvalue weighted by molar-refractivity contribution is 4.59. The predicted octanol–water partition coefficient (Wildman–Crippen LogP) is 1.74. The van der Waals surface area contributed by atoms with Crippen LogP contribution in [0.4, 0.5) is 0 Å². The highest BCUT2D eigenvalue weighted by Gasteiger charge is 2.05. The van der Waals surface area contributed by atoms with Crippen molar-refractivity contribution in [2.45, 2.75) is 40.2 Å². The van der Waals surface area contributed by atoms with Crippen LogP contribution in [0.3, 0.4) is 0 Å². The lowest BCUT2D eigenvalue weighted by atomic mass is 10.2. The van der Waals surface area contributed by atoms with Gasteiger partial charge < -0.3 is 10.0 Å². The molecule has 0 aromatic carbocycles. The molecule has 12 heavy (non-hydrogen) atoms. The molecule has 0 rings (SSSR count). The number of hydrogen-bond acceptors (Lipinski definition) is 2. The molecule has 0 aliphatic rings. The lowest BCUT2D eigenvalue weighted by molar-refractivity contribution is 0.153. The van der Waals surface area contributed by atoms with Gasteiger partial charge in [-0.3, -0.25) is 0 Å². The summed E-state index contributed by atoms with van der Waals surface area (Å²) < 4.78 is 0. The Balaban J connectivity index is 3.53. The van der Waals surface area contributed by atoms with Gasteiger partial charge >= 0.3 is 0 Å². The quantitative estimate of drug-likeness (QED) is 0.661. The molecular formula is C10H23NO. The Hall–Kier alpha value is -0.0800. The van der Waals surface area contributed by atoms with E-state index in [9.17, 15) is 0 Å². The van der Waals surface area contributed by atoms with E-state index < -0.39 is 0 Å². The van der Waals surface area contributed by atoms with Crippen molar-refractivity contribution in [2.24, 2.45) is 5.92 Å². The molecule has 0 aliphatic heterocycles. The summed E-state index contributed by atoms with van der Waals surface area (Å²) in [6, 6.07) is 0. The van der Waals surface area contributed by atoms with Crippen LogP contribution >= 0.6 is 0 Å². The molecule has 1 unspecified atom stereocenters. The van der Waals surface area contributed by atoms with Crippen LogP contribution < -0.4 is 0 Å². The third kappa shape index (κ3) is 6.62. The molecule has 0 bridgehead atoms. The van der Waals surface area contributed by atoms with Crippen LogP contribution in [-0.4, -0.2) is 35.7 Å². The van der Waals surface area contributed by atoms with E-state index in [1.54, 1.807) is 0 Å². The van der Waals surface area contributed by atoms with E-state index in [0.29, 0.717) is 0 Å². The monoisotopic (exact) mass is 173 g/mol. The summed E-state index contributed by atoms with van der Waals surface area (Å²) in [6.45, 7) is 11.7. The normalized spacial score (nSPS) is 14.2. The minimum atomic E-state index is -0.161. The summed E-state index contributed by atoms with van der Waals surface area (Å²) in [5.74, 6) is 0.721. The van der Waals surface area contributed by atoms with Crippen LogP contribution in [-0.2, 0) is 0 Å². The third-order valence-electron chi connectivity index (χ3n) is 1.93. The fraction of sp³-hybridized carbons (Fsp3) is 1.00. The minimum Gasteiger partial charge on any atom is -0.393 e. The van der Waals surface area contributed by atoms with E-state index in [1.165, 1.54) is 0 Å². The number of hydrogen-bond donors (Lipinski definition) is 1. The van der Waals surface area contributed by atoms with Crippen LogP contribution in [0, 0.1) is 5.92 Å². The molecule has 0 saturated carbocycles. The molecule has 0 heterocycles. The Morgan fingerprint density at radius 3 is 2.17 bits per heavy atom. The van der Waals surface area contributed by atoms with Crippen LogP contribution in [0.5, 0.6) is 0 Å². The summed E-state index contributed by atoms with van der Waals surface area (Å²) in [5, 5.41) is 9.10. The van der Waals surface area contributed by atoms with Gasteiger partial charge in [-0.2, -0.15) is 0 Å². The Bertz CT molecular complexity index is 102. The Morgan fingerprint density at radius 2 is 1.83 bits per heavy atom. The summed E-state index contributed by atoms with van der Waals surface area (Å²) in [5.41, 5.74) is 0. The lowest BCUT2D eigenvalue weighted by Gasteiger charge is -2.22. The van der Waals surface area contributed by atoms with Crippen LogP contribution in [0.25, 0.3) is 0 Å². The van der Waals surface area contributed by atoms with E-state index in [1.807, 2.05) is 6.92 Å². The van der Waals surface area contributed by atoms with Gasteiger partial charge in [-0.05, 0) is 25.8 Å². The molecule has 0 aromatic rings. The second-order valence-electron chi connectivity index (χ2n) is 3.92. The largest absolute Gasteiger partial charge is 0.393 e. The fourth-order valence-corrected chi connectivity index (χ4v) is 1.26. The number of rotatable bonds is 6. The van der Waals surface area contributed by atoms with Crippen molar-refractivity contribution < 1.29 is 5.11 Å². The molecule has 0 amide bonds. The van der Waals surface area contributed by atoms with Crippen molar-refractivity contribution in [1.82, 2.24) is 4.90 Å². The van der Waals surface area contributed by atoms with Gasteiger partial charge in [-0.1, -0.05) is 20.8 Å². The molecule has 2 heteroatoms. The summed E-state index contributed by atoms with van der Waals surface area (Å²) >= 11 is 0. The van der Waals surface area contributed by atoms with Gasteiger partial charge in [0, 0.05) is 13.1 Å². The highest BCUT2D eigenvalue weighted by atomic mass is 16.3. The van der Waals surface area contributed by atoms with E-state index in [-0.39, 0.29) is 6.10 Å². The molecule has 0 saturated heterocycles. The maximum atomic E-state index is 9.10. The molecule has 0 fully saturated rings. The summed E-state index contributed by atoms with van der Waals surface area (Å²) in [4.78, 5) is 2.39. The number of nitrogens with zero attached hydrogens (tertiary/aromatic N) is 1. The van der Waals surface area contributed by atoms with Gasteiger partial charge in [0.2, 0.25) is 0 Å². The summed E-state index contributed by atoms with van der Waals surface area (Å²) in [7, 11) is 0. The van der Waals surface area contributed by atoms with Gasteiger partial charge in [0.25, 0.3) is 0 Å². The van der Waals surface area contributed by atoms with E-state index >= 15 is 0 Å². The zero-order valence-electron chi connectivity index (χ0n) is 8.88. The van der Waals surface area contributed by atoms with Gasteiger partial charge in [0.15, 0.2) is 0 Å². The maximum absolute atomic E-state index is 9.10. The zero-order valence-corrected chi connectivity index (χ0v) is 8.88. The first-order chi connectivity index (χ1) is 5.56. The first-order valence-electron chi connectivity index (χ1n) is 4.96. The van der Waals surface area contributed by atoms with Crippen molar-refractivity contribution in [3.05, 3.63) is 0 Å². The van der Waals surface area contributed by atoms with Gasteiger partial charge in [0.1, 0.15) is 0 Å². The highest BCUT2D eigenvalue weighted by Crippen LogP contribution is 2.00. The van der Waals surface area contributed by atoms with E-state index in [0.717, 1.165) is 32.0 Å². The molecular weight excluding hydrogens is 150 g/mol. The first kappa shape index (κ1) is 11.9. The predicted molar refractivity (Wildman–Crippen MR) is 53.2 cm³/mol. The fourth-order valence-electron chi connectivity index (χ4n) is 1.26. The van der Waals surface area contributed by atoms with Crippen molar-refractivity contribution in [3.63, 3.8) is 0 Å². The molecule has 0 aromatic heterocycles. The maximum Gasteiger partial charge on any atom is 0.0524 e. The number of aliphatic hydroxyl groups excluding tert-OH is 1. The Morgan fingerprint density at radius 1 is 1.25 bits per heavy atom. The zero-order chi connectivity index (χ0) is 9.56. The molecule has 0 spiro atoms. The van der Waals surface area contributed by atoms with Crippen molar-refractivity contribution in [1.29, 1.82) is 0 Å². The second-order valence-corrected chi connectivity index (χ2v) is 3.92. The van der Waals surface area contributed by atoms with Crippen molar-refractivity contribution in [3.8, 4) is 0 Å². The standard InChI is InChI=1S/C10H23NO/c1-5-11(8-9(2)3)7-6-10(4)12/h9-10,12H,5-8H2,1-4H3. The molecule has 0 aliphatic carbocycles. The molecule has 1 N–H and O–H groups in total. The molecule has 74 valence electrons. The van der Waals surface area contributed by atoms with E-state index in [2.05, 4.69) is 25.7 Å². The topological polar surface area (TPSA) is 23.5 Å². The minimum absolute atomic E-state index is 0.161. The second kappa shape index (κ2) is 6.44. The lowest BCUT2D eigenvalue weighted by Crippen LogP contribution is -2.30. The third-order valence-corrected chi connectivity index (χ3v) is 1.93.